The minimum absolute atomic E-state index is 0. The maximum atomic E-state index is 3.25. The van der Waals surface area contributed by atoms with E-state index < -0.39 is 0 Å². The Hall–Kier alpha value is -0.704. The normalized spacial score (nSPS) is 8.82. The summed E-state index contributed by atoms with van der Waals surface area (Å²) in [6.45, 7) is 0. The molecule has 0 aliphatic heterocycles. The molecule has 0 heterocycles. The molecule has 0 aliphatic rings. The predicted molar refractivity (Wildman–Crippen MR) is 70.8 cm³/mol. The average molecular weight is 256 g/mol. The van der Waals surface area contributed by atoms with Crippen molar-refractivity contribution in [1.29, 1.82) is 0 Å². The molecule has 0 atom stereocenters. The Morgan fingerprint density at radius 3 is 2.18 bits per heavy atom. The molecule has 1 nitrogen and oxygen atoms in total. The van der Waals surface area contributed by atoms with Gasteiger partial charge < -0.3 is 17.3 Å². The first kappa shape index (κ1) is 16.3. The summed E-state index contributed by atoms with van der Waals surface area (Å²) >= 11 is 0. The molecule has 0 spiro atoms. The summed E-state index contributed by atoms with van der Waals surface area (Å²) in [4.78, 5) is 2.12. The maximum absolute atomic E-state index is 3.25. The Morgan fingerprint density at radius 2 is 1.59 bits per heavy atom. The second kappa shape index (κ2) is 7.59. The molecule has 2 aromatic rings. The van der Waals surface area contributed by atoms with Gasteiger partial charge >= 0.3 is 23.1 Å². The summed E-state index contributed by atoms with van der Waals surface area (Å²) < 4.78 is 0. The van der Waals surface area contributed by atoms with Crippen LogP contribution in [0, 0.1) is 6.07 Å². The van der Waals surface area contributed by atoms with Crippen LogP contribution in [-0.2, 0) is 0 Å². The summed E-state index contributed by atoms with van der Waals surface area (Å²) in [7, 11) is 4.11. The minimum atomic E-state index is 0. The van der Waals surface area contributed by atoms with Crippen LogP contribution in [-0.4, -0.2) is 37.1 Å². The molecule has 0 fully saturated rings. The molecular formula is C14H14ClMgN. The quantitative estimate of drug-likeness (QED) is 0.533. The van der Waals surface area contributed by atoms with E-state index in [-0.39, 0.29) is 35.5 Å². The van der Waals surface area contributed by atoms with Crippen LogP contribution < -0.4 is 17.3 Å². The number of rotatable bonds is 2. The van der Waals surface area contributed by atoms with E-state index in [1.165, 1.54) is 11.3 Å². The Bertz CT molecular complexity index is 443. The van der Waals surface area contributed by atoms with Crippen molar-refractivity contribution in [3.63, 3.8) is 0 Å². The van der Waals surface area contributed by atoms with Gasteiger partial charge in [0.15, 0.2) is 0 Å². The van der Waals surface area contributed by atoms with Gasteiger partial charge in [0.2, 0.25) is 0 Å². The Balaban J connectivity index is 0.00000128. The van der Waals surface area contributed by atoms with E-state index in [1.54, 1.807) is 0 Å². The van der Waals surface area contributed by atoms with E-state index in [4.69, 9.17) is 0 Å². The van der Waals surface area contributed by atoms with Crippen LogP contribution in [0.5, 0.6) is 0 Å². The number of halogens is 1. The molecule has 0 amide bonds. The minimum Gasteiger partial charge on any atom is -1.00 e. The monoisotopic (exact) mass is 255 g/mol. The molecule has 0 bridgehead atoms. The molecule has 2 aromatic carbocycles. The van der Waals surface area contributed by atoms with Gasteiger partial charge in [-0.1, -0.05) is 23.8 Å². The van der Waals surface area contributed by atoms with Crippen molar-refractivity contribution in [2.45, 2.75) is 0 Å². The van der Waals surface area contributed by atoms with Crippen molar-refractivity contribution >= 4 is 28.7 Å². The molecule has 17 heavy (non-hydrogen) atoms. The van der Waals surface area contributed by atoms with Crippen LogP contribution in [0.2, 0.25) is 0 Å². The second-order valence-electron chi connectivity index (χ2n) is 3.69. The van der Waals surface area contributed by atoms with Gasteiger partial charge in [0, 0.05) is 19.8 Å². The van der Waals surface area contributed by atoms with Crippen LogP contribution in [0.3, 0.4) is 0 Å². The fraction of sp³-hybridized carbons (Fsp3) is 0.143. The molecular weight excluding hydrogens is 242 g/mol. The number of hydrogen-bond donors (Lipinski definition) is 0. The number of hydrogen-bond acceptors (Lipinski definition) is 1. The number of anilines is 1. The predicted octanol–water partition coefficient (Wildman–Crippen LogP) is -0.157. The standard InChI is InChI=1S/C14H14N.ClH.Mg/c1-15(2)14-11-7-6-10-13(14)12-8-4-3-5-9-12;;/h3-8,10-11H,1-2H3;1H;/q-1;;+2/p-1. The first-order valence-corrected chi connectivity index (χ1v) is 5.02. The van der Waals surface area contributed by atoms with Crippen molar-refractivity contribution in [1.82, 2.24) is 0 Å². The summed E-state index contributed by atoms with van der Waals surface area (Å²) in [5, 5.41) is 0. The van der Waals surface area contributed by atoms with E-state index in [2.05, 4.69) is 55.4 Å². The van der Waals surface area contributed by atoms with Gasteiger partial charge in [-0.3, -0.25) is 0 Å². The van der Waals surface area contributed by atoms with Gasteiger partial charge in [-0.2, -0.15) is 0 Å². The van der Waals surface area contributed by atoms with Crippen molar-refractivity contribution in [3.8, 4) is 11.1 Å². The molecule has 0 aromatic heterocycles. The van der Waals surface area contributed by atoms with E-state index >= 15 is 0 Å². The second-order valence-corrected chi connectivity index (χ2v) is 3.69. The Kier molecular flexibility index (Phi) is 7.28. The van der Waals surface area contributed by atoms with Gasteiger partial charge in [0.1, 0.15) is 0 Å². The summed E-state index contributed by atoms with van der Waals surface area (Å²) in [5.41, 5.74) is 3.59. The molecule has 0 saturated carbocycles. The first-order valence-electron chi connectivity index (χ1n) is 5.02. The maximum Gasteiger partial charge on any atom is 2.00 e. The van der Waals surface area contributed by atoms with Crippen LogP contribution in [0.25, 0.3) is 11.1 Å². The zero-order valence-electron chi connectivity index (χ0n) is 10.2. The van der Waals surface area contributed by atoms with Gasteiger partial charge in [-0.25, -0.2) is 0 Å². The number of para-hydroxylation sites is 1. The zero-order chi connectivity index (χ0) is 10.7. The van der Waals surface area contributed by atoms with E-state index in [1.807, 2.05) is 18.2 Å². The summed E-state index contributed by atoms with van der Waals surface area (Å²) in [5.74, 6) is 0. The van der Waals surface area contributed by atoms with Crippen molar-refractivity contribution in [3.05, 3.63) is 54.6 Å². The van der Waals surface area contributed by atoms with Crippen molar-refractivity contribution < 1.29 is 12.4 Å². The molecule has 0 radical (unpaired) electrons. The third kappa shape index (κ3) is 3.91. The van der Waals surface area contributed by atoms with Gasteiger partial charge in [0.05, 0.1) is 0 Å². The summed E-state index contributed by atoms with van der Waals surface area (Å²) in [6, 6.07) is 19.7. The molecule has 2 rings (SSSR count). The molecule has 0 saturated heterocycles. The smallest absolute Gasteiger partial charge is 1.00 e. The Labute approximate surface area is 125 Å². The number of nitrogens with zero attached hydrogens (tertiary/aromatic N) is 1. The van der Waals surface area contributed by atoms with E-state index in [0.29, 0.717) is 0 Å². The average Bonchev–Trinajstić information content (AvgIpc) is 2.30. The SMILES string of the molecule is CN(C)c1ccccc1-c1[c-]cccc1.[Cl-].[Mg+2]. The van der Waals surface area contributed by atoms with Crippen molar-refractivity contribution in [2.75, 3.05) is 19.0 Å². The largest absolute Gasteiger partial charge is 2.00 e. The van der Waals surface area contributed by atoms with Gasteiger partial charge in [-0.15, -0.1) is 35.9 Å². The van der Waals surface area contributed by atoms with Gasteiger partial charge in [-0.05, 0) is 6.07 Å². The van der Waals surface area contributed by atoms with E-state index in [0.717, 1.165) is 5.56 Å². The van der Waals surface area contributed by atoms with Crippen molar-refractivity contribution in [2.24, 2.45) is 0 Å². The fourth-order valence-corrected chi connectivity index (χ4v) is 1.65. The van der Waals surface area contributed by atoms with Crippen LogP contribution in [0.15, 0.2) is 48.5 Å². The third-order valence-corrected chi connectivity index (χ3v) is 2.39. The molecule has 3 heteroatoms. The first-order chi connectivity index (χ1) is 7.29. The van der Waals surface area contributed by atoms with Crippen LogP contribution >= 0.6 is 0 Å². The fourth-order valence-electron chi connectivity index (χ4n) is 1.65. The third-order valence-electron chi connectivity index (χ3n) is 2.39. The zero-order valence-corrected chi connectivity index (χ0v) is 12.3. The van der Waals surface area contributed by atoms with Gasteiger partial charge in [0.25, 0.3) is 0 Å². The van der Waals surface area contributed by atoms with E-state index in [9.17, 15) is 0 Å². The molecule has 0 N–H and O–H groups in total. The number of benzene rings is 2. The summed E-state index contributed by atoms with van der Waals surface area (Å²) in [6.07, 6.45) is 0. The van der Waals surface area contributed by atoms with Crippen LogP contribution in [0.4, 0.5) is 5.69 Å². The van der Waals surface area contributed by atoms with Crippen LogP contribution in [0.1, 0.15) is 0 Å². The Morgan fingerprint density at radius 1 is 0.941 bits per heavy atom. The molecule has 84 valence electrons. The topological polar surface area (TPSA) is 3.24 Å². The molecule has 0 unspecified atom stereocenters. The molecule has 0 aliphatic carbocycles.